The van der Waals surface area contributed by atoms with Crippen LogP contribution in [-0.4, -0.2) is 0 Å². The van der Waals surface area contributed by atoms with E-state index in [4.69, 9.17) is 0 Å². The van der Waals surface area contributed by atoms with Crippen LogP contribution >= 0.6 is 0 Å². The van der Waals surface area contributed by atoms with Gasteiger partial charge in [-0.3, -0.25) is 0 Å². The molecule has 1 heteroatoms. The van der Waals surface area contributed by atoms with Gasteiger partial charge in [0.05, 0.1) is 0 Å². The SMILES string of the molecule is C=C(CC)NC(=C)C(C)C.[HH]. The average Bonchev–Trinajstić information content (AvgIpc) is 1.87. The Morgan fingerprint density at radius 2 is 2.00 bits per heavy atom. The average molecular weight is 141 g/mol. The summed E-state index contributed by atoms with van der Waals surface area (Å²) >= 11 is 0. The first-order valence-corrected chi connectivity index (χ1v) is 3.71. The van der Waals surface area contributed by atoms with Crippen LogP contribution in [0, 0.1) is 5.92 Å². The van der Waals surface area contributed by atoms with Crippen LogP contribution in [0.5, 0.6) is 0 Å². The molecule has 60 valence electrons. The molecule has 1 nitrogen and oxygen atoms in total. The molecule has 0 aliphatic rings. The van der Waals surface area contributed by atoms with Crippen molar-refractivity contribution in [1.82, 2.24) is 5.32 Å². The second kappa shape index (κ2) is 4.15. The number of hydrogen-bond donors (Lipinski definition) is 1. The molecule has 0 heterocycles. The molecule has 0 atom stereocenters. The topological polar surface area (TPSA) is 12.0 Å². The van der Waals surface area contributed by atoms with Gasteiger partial charge in [0, 0.05) is 12.8 Å². The first kappa shape index (κ1) is 9.28. The van der Waals surface area contributed by atoms with Crippen LogP contribution in [0.4, 0.5) is 0 Å². The summed E-state index contributed by atoms with van der Waals surface area (Å²) in [5.41, 5.74) is 2.09. The van der Waals surface area contributed by atoms with Crippen molar-refractivity contribution in [2.24, 2.45) is 5.92 Å². The quantitative estimate of drug-likeness (QED) is 0.634. The van der Waals surface area contributed by atoms with Crippen LogP contribution in [0.3, 0.4) is 0 Å². The van der Waals surface area contributed by atoms with Gasteiger partial charge in [-0.05, 0) is 12.3 Å². The molecule has 0 rings (SSSR count). The molecule has 0 radical (unpaired) electrons. The molecule has 0 saturated carbocycles. The summed E-state index contributed by atoms with van der Waals surface area (Å²) in [5, 5.41) is 3.14. The van der Waals surface area contributed by atoms with E-state index in [0.717, 1.165) is 17.8 Å². The monoisotopic (exact) mass is 141 g/mol. The van der Waals surface area contributed by atoms with Crippen molar-refractivity contribution in [2.45, 2.75) is 27.2 Å². The van der Waals surface area contributed by atoms with Gasteiger partial charge in [0.2, 0.25) is 0 Å². The minimum atomic E-state index is 0. The zero-order valence-corrected chi connectivity index (χ0v) is 7.20. The van der Waals surface area contributed by atoms with Gasteiger partial charge in [-0.15, -0.1) is 0 Å². The highest BCUT2D eigenvalue weighted by molar-refractivity contribution is 5.05. The third-order valence-corrected chi connectivity index (χ3v) is 1.46. The van der Waals surface area contributed by atoms with E-state index in [2.05, 4.69) is 39.2 Å². The van der Waals surface area contributed by atoms with E-state index in [1.165, 1.54) is 0 Å². The molecule has 0 bridgehead atoms. The van der Waals surface area contributed by atoms with Gasteiger partial charge in [0.25, 0.3) is 0 Å². The molecule has 0 aromatic carbocycles. The van der Waals surface area contributed by atoms with Crippen LogP contribution < -0.4 is 5.32 Å². The van der Waals surface area contributed by atoms with Crippen LogP contribution in [0.1, 0.15) is 28.6 Å². The molecule has 0 aliphatic carbocycles. The van der Waals surface area contributed by atoms with Gasteiger partial charge >= 0.3 is 0 Å². The lowest BCUT2D eigenvalue weighted by Gasteiger charge is -2.12. The van der Waals surface area contributed by atoms with Crippen molar-refractivity contribution in [3.05, 3.63) is 24.6 Å². The molecular weight excluding hydrogens is 122 g/mol. The van der Waals surface area contributed by atoms with E-state index in [1.807, 2.05) is 0 Å². The minimum Gasteiger partial charge on any atom is -0.363 e. The largest absolute Gasteiger partial charge is 0.363 e. The molecule has 0 spiro atoms. The molecule has 0 amide bonds. The highest BCUT2D eigenvalue weighted by atomic mass is 14.9. The zero-order valence-electron chi connectivity index (χ0n) is 7.20. The Labute approximate surface area is 65.3 Å². The van der Waals surface area contributed by atoms with E-state index in [9.17, 15) is 0 Å². The lowest BCUT2D eigenvalue weighted by atomic mass is 10.1. The first-order chi connectivity index (χ1) is 4.57. The molecule has 0 aliphatic heterocycles. The molecule has 0 aromatic heterocycles. The van der Waals surface area contributed by atoms with Crippen LogP contribution in [-0.2, 0) is 0 Å². The lowest BCUT2D eigenvalue weighted by molar-refractivity contribution is 0.694. The van der Waals surface area contributed by atoms with E-state index in [1.54, 1.807) is 0 Å². The van der Waals surface area contributed by atoms with Crippen molar-refractivity contribution in [2.75, 3.05) is 0 Å². The molecular formula is C9H19N. The molecule has 0 aromatic rings. The maximum absolute atomic E-state index is 3.87. The second-order valence-corrected chi connectivity index (χ2v) is 2.76. The third-order valence-electron chi connectivity index (χ3n) is 1.46. The van der Waals surface area contributed by atoms with Crippen LogP contribution in [0.2, 0.25) is 0 Å². The fourth-order valence-corrected chi connectivity index (χ4v) is 0.460. The highest BCUT2D eigenvalue weighted by Gasteiger charge is 1.98. The van der Waals surface area contributed by atoms with Crippen molar-refractivity contribution in [1.29, 1.82) is 0 Å². The van der Waals surface area contributed by atoms with Gasteiger partial charge < -0.3 is 5.32 Å². The smallest absolute Gasteiger partial charge is 0.0101 e. The predicted octanol–water partition coefficient (Wildman–Crippen LogP) is 2.92. The van der Waals surface area contributed by atoms with E-state index >= 15 is 0 Å². The lowest BCUT2D eigenvalue weighted by Crippen LogP contribution is -2.14. The first-order valence-electron chi connectivity index (χ1n) is 3.71. The van der Waals surface area contributed by atoms with Crippen molar-refractivity contribution >= 4 is 0 Å². The number of allylic oxidation sites excluding steroid dienone is 2. The zero-order chi connectivity index (χ0) is 8.15. The van der Waals surface area contributed by atoms with Crippen LogP contribution in [0.25, 0.3) is 0 Å². The van der Waals surface area contributed by atoms with Gasteiger partial charge in [-0.25, -0.2) is 0 Å². The van der Waals surface area contributed by atoms with Crippen LogP contribution in [0.15, 0.2) is 24.6 Å². The minimum absolute atomic E-state index is 0. The Kier molecular flexibility index (Phi) is 3.85. The van der Waals surface area contributed by atoms with Crippen molar-refractivity contribution in [3.63, 3.8) is 0 Å². The second-order valence-electron chi connectivity index (χ2n) is 2.76. The summed E-state index contributed by atoms with van der Waals surface area (Å²) in [4.78, 5) is 0. The van der Waals surface area contributed by atoms with Gasteiger partial charge in [-0.2, -0.15) is 0 Å². The standard InChI is InChI=1S/C9H17N.H2/c1-6-8(4)10-9(5)7(2)3;/h7,10H,4-6H2,1-3H3;1H. The van der Waals surface area contributed by atoms with Gasteiger partial charge in [-0.1, -0.05) is 33.9 Å². The fraction of sp³-hybridized carbons (Fsp3) is 0.556. The van der Waals surface area contributed by atoms with Gasteiger partial charge in [0.15, 0.2) is 0 Å². The highest BCUT2D eigenvalue weighted by Crippen LogP contribution is 2.05. The Bertz CT molecular complexity index is 138. The Hall–Kier alpha value is -0.720. The van der Waals surface area contributed by atoms with E-state index < -0.39 is 0 Å². The predicted molar refractivity (Wildman–Crippen MR) is 48.7 cm³/mol. The summed E-state index contributed by atoms with van der Waals surface area (Å²) < 4.78 is 0. The molecule has 10 heavy (non-hydrogen) atoms. The Balaban J connectivity index is 0. The van der Waals surface area contributed by atoms with Crippen molar-refractivity contribution < 1.29 is 1.43 Å². The molecule has 0 unspecified atom stereocenters. The van der Waals surface area contributed by atoms with E-state index in [-0.39, 0.29) is 1.43 Å². The van der Waals surface area contributed by atoms with Crippen molar-refractivity contribution in [3.8, 4) is 0 Å². The maximum Gasteiger partial charge on any atom is 0.0101 e. The van der Waals surface area contributed by atoms with E-state index in [0.29, 0.717) is 5.92 Å². The fourth-order valence-electron chi connectivity index (χ4n) is 0.460. The number of nitrogens with one attached hydrogen (secondary N) is 1. The Morgan fingerprint density at radius 1 is 1.50 bits per heavy atom. The Morgan fingerprint density at radius 3 is 2.30 bits per heavy atom. The number of hydrogen-bond acceptors (Lipinski definition) is 1. The third kappa shape index (κ3) is 3.33. The summed E-state index contributed by atoms with van der Waals surface area (Å²) in [5.74, 6) is 0.489. The maximum atomic E-state index is 3.87. The molecule has 1 N–H and O–H groups in total. The summed E-state index contributed by atoms with van der Waals surface area (Å²) in [6.07, 6.45) is 0.964. The summed E-state index contributed by atoms with van der Waals surface area (Å²) in [6.45, 7) is 14.0. The number of rotatable bonds is 4. The summed E-state index contributed by atoms with van der Waals surface area (Å²) in [7, 11) is 0. The molecule has 0 fully saturated rings. The normalized spacial score (nSPS) is 9.60. The van der Waals surface area contributed by atoms with Gasteiger partial charge in [0.1, 0.15) is 0 Å². The summed E-state index contributed by atoms with van der Waals surface area (Å²) in [6, 6.07) is 0. The molecule has 0 saturated heterocycles.